The molecule has 0 spiro atoms. The van der Waals surface area contributed by atoms with Gasteiger partial charge in [-0.1, -0.05) is 44.2 Å². The predicted molar refractivity (Wildman–Crippen MR) is 93.1 cm³/mol. The molecule has 1 aromatic rings. The maximum atomic E-state index is 12.4. The van der Waals surface area contributed by atoms with Crippen molar-refractivity contribution in [3.63, 3.8) is 0 Å². The van der Waals surface area contributed by atoms with Gasteiger partial charge in [0.2, 0.25) is 11.8 Å². The van der Waals surface area contributed by atoms with Gasteiger partial charge in [0.25, 0.3) is 0 Å². The first kappa shape index (κ1) is 19.2. The van der Waals surface area contributed by atoms with Gasteiger partial charge >= 0.3 is 0 Å². The van der Waals surface area contributed by atoms with Crippen LogP contribution in [0, 0.1) is 0 Å². The van der Waals surface area contributed by atoms with E-state index >= 15 is 0 Å². The van der Waals surface area contributed by atoms with Crippen LogP contribution in [-0.4, -0.2) is 36.0 Å². The van der Waals surface area contributed by atoms with Crippen molar-refractivity contribution in [3.05, 3.63) is 35.9 Å². The van der Waals surface area contributed by atoms with Gasteiger partial charge in [-0.25, -0.2) is 0 Å². The van der Waals surface area contributed by atoms with Crippen molar-refractivity contribution in [2.75, 3.05) is 0 Å². The van der Waals surface area contributed by atoms with Crippen molar-refractivity contribution < 1.29 is 9.59 Å². The first-order chi connectivity index (χ1) is 10.8. The zero-order chi connectivity index (χ0) is 17.4. The van der Waals surface area contributed by atoms with E-state index in [1.54, 1.807) is 6.92 Å². The Kier molecular flexibility index (Phi) is 7.75. The zero-order valence-electron chi connectivity index (χ0n) is 14.7. The molecule has 0 aliphatic carbocycles. The fraction of sp³-hybridized carbons (Fsp3) is 0.556. The average Bonchev–Trinajstić information content (AvgIpc) is 2.46. The fourth-order valence-corrected chi connectivity index (χ4v) is 2.32. The lowest BCUT2D eigenvalue weighted by Gasteiger charge is -2.23. The summed E-state index contributed by atoms with van der Waals surface area (Å²) in [5.74, 6) is -0.326. The maximum absolute atomic E-state index is 12.4. The van der Waals surface area contributed by atoms with E-state index in [4.69, 9.17) is 0 Å². The summed E-state index contributed by atoms with van der Waals surface area (Å²) in [6.45, 7) is 9.58. The smallest absolute Gasteiger partial charge is 0.243 e. The minimum Gasteiger partial charge on any atom is -0.352 e. The first-order valence-electron chi connectivity index (χ1n) is 8.20. The molecule has 0 saturated carbocycles. The summed E-state index contributed by atoms with van der Waals surface area (Å²) in [5, 5.41) is 8.88. The van der Waals surface area contributed by atoms with Gasteiger partial charge in [0.05, 0.1) is 6.04 Å². The molecule has 23 heavy (non-hydrogen) atoms. The van der Waals surface area contributed by atoms with Crippen molar-refractivity contribution in [2.24, 2.45) is 0 Å². The number of benzene rings is 1. The molecule has 0 bridgehead atoms. The van der Waals surface area contributed by atoms with Crippen LogP contribution in [0.5, 0.6) is 0 Å². The SMILES string of the molecule is CC(C)NC(=O)C(Cc1ccccc1)NC(=O)C(C)NC(C)C. The Morgan fingerprint density at radius 3 is 2.00 bits per heavy atom. The Morgan fingerprint density at radius 1 is 0.870 bits per heavy atom. The highest BCUT2D eigenvalue weighted by Gasteiger charge is 2.24. The summed E-state index contributed by atoms with van der Waals surface area (Å²) in [4.78, 5) is 24.7. The maximum Gasteiger partial charge on any atom is 0.243 e. The van der Waals surface area contributed by atoms with Gasteiger partial charge in [-0.05, 0) is 26.3 Å². The van der Waals surface area contributed by atoms with E-state index in [-0.39, 0.29) is 29.9 Å². The van der Waals surface area contributed by atoms with Crippen LogP contribution in [0.3, 0.4) is 0 Å². The van der Waals surface area contributed by atoms with Crippen molar-refractivity contribution >= 4 is 11.8 Å². The monoisotopic (exact) mass is 319 g/mol. The molecule has 0 saturated heterocycles. The second-order valence-electron chi connectivity index (χ2n) is 6.46. The minimum atomic E-state index is -0.580. The second-order valence-corrected chi connectivity index (χ2v) is 6.46. The summed E-state index contributed by atoms with van der Waals surface area (Å²) in [6.07, 6.45) is 0.472. The number of carbonyl (C=O) groups excluding carboxylic acids is 2. The van der Waals surface area contributed by atoms with Gasteiger partial charge in [0, 0.05) is 18.5 Å². The molecule has 1 aromatic carbocycles. The Hall–Kier alpha value is -1.88. The molecule has 0 fully saturated rings. The van der Waals surface area contributed by atoms with Gasteiger partial charge in [-0.2, -0.15) is 0 Å². The number of rotatable bonds is 8. The zero-order valence-corrected chi connectivity index (χ0v) is 14.7. The van der Waals surface area contributed by atoms with Crippen LogP contribution in [0.1, 0.15) is 40.2 Å². The van der Waals surface area contributed by atoms with Crippen molar-refractivity contribution in [2.45, 2.75) is 65.2 Å². The number of hydrogen-bond acceptors (Lipinski definition) is 3. The van der Waals surface area contributed by atoms with E-state index in [0.717, 1.165) is 5.56 Å². The third kappa shape index (κ3) is 7.28. The summed E-state index contributed by atoms with van der Waals surface area (Å²) in [7, 11) is 0. The molecule has 2 amide bonds. The normalized spacial score (nSPS) is 13.7. The largest absolute Gasteiger partial charge is 0.352 e. The topological polar surface area (TPSA) is 70.2 Å². The van der Waals surface area contributed by atoms with Crippen molar-refractivity contribution in [1.82, 2.24) is 16.0 Å². The molecule has 2 unspecified atom stereocenters. The Morgan fingerprint density at radius 2 is 1.48 bits per heavy atom. The molecule has 1 rings (SSSR count). The van der Waals surface area contributed by atoms with E-state index in [1.165, 1.54) is 0 Å². The fourth-order valence-electron chi connectivity index (χ4n) is 2.32. The lowest BCUT2D eigenvalue weighted by Crippen LogP contribution is -2.54. The molecule has 0 aliphatic heterocycles. The molecule has 3 N–H and O–H groups in total. The third-order valence-corrected chi connectivity index (χ3v) is 3.32. The van der Waals surface area contributed by atoms with Crippen LogP contribution >= 0.6 is 0 Å². The molecule has 5 nitrogen and oxygen atoms in total. The van der Waals surface area contributed by atoms with Crippen LogP contribution in [0.15, 0.2) is 30.3 Å². The van der Waals surface area contributed by atoms with Crippen LogP contribution in [0.4, 0.5) is 0 Å². The quantitative estimate of drug-likeness (QED) is 0.682. The van der Waals surface area contributed by atoms with Gasteiger partial charge in [-0.3, -0.25) is 9.59 Å². The van der Waals surface area contributed by atoms with Crippen molar-refractivity contribution in [1.29, 1.82) is 0 Å². The molecular formula is C18H29N3O2. The highest BCUT2D eigenvalue weighted by Crippen LogP contribution is 2.04. The first-order valence-corrected chi connectivity index (χ1v) is 8.20. The van der Waals surface area contributed by atoms with Gasteiger partial charge in [0.15, 0.2) is 0 Å². The molecule has 128 valence electrons. The van der Waals surface area contributed by atoms with E-state index in [9.17, 15) is 9.59 Å². The molecular weight excluding hydrogens is 290 g/mol. The number of amides is 2. The third-order valence-electron chi connectivity index (χ3n) is 3.32. The van der Waals surface area contributed by atoms with Gasteiger partial charge < -0.3 is 16.0 Å². The summed E-state index contributed by atoms with van der Waals surface area (Å²) in [5.41, 5.74) is 1.01. The van der Waals surface area contributed by atoms with E-state index in [1.807, 2.05) is 58.0 Å². The number of nitrogens with one attached hydrogen (secondary N) is 3. The van der Waals surface area contributed by atoms with Crippen LogP contribution in [0.2, 0.25) is 0 Å². The average molecular weight is 319 g/mol. The van der Waals surface area contributed by atoms with Crippen LogP contribution in [-0.2, 0) is 16.0 Å². The molecule has 0 heterocycles. The van der Waals surface area contributed by atoms with E-state index in [2.05, 4.69) is 16.0 Å². The summed E-state index contributed by atoms with van der Waals surface area (Å²) in [6, 6.07) is 9.00. The Labute approximate surface area is 139 Å². The minimum absolute atomic E-state index is 0.0314. The highest BCUT2D eigenvalue weighted by molar-refractivity contribution is 5.89. The predicted octanol–water partition coefficient (Wildman–Crippen LogP) is 1.62. The number of carbonyl (C=O) groups is 2. The molecule has 0 radical (unpaired) electrons. The lowest BCUT2D eigenvalue weighted by molar-refractivity contribution is -0.130. The number of hydrogen-bond donors (Lipinski definition) is 3. The Bertz CT molecular complexity index is 500. The summed E-state index contributed by atoms with van der Waals surface area (Å²) >= 11 is 0. The molecule has 0 aliphatic rings. The van der Waals surface area contributed by atoms with E-state index < -0.39 is 6.04 Å². The second kappa shape index (κ2) is 9.30. The van der Waals surface area contributed by atoms with E-state index in [0.29, 0.717) is 6.42 Å². The Balaban J connectivity index is 2.78. The lowest BCUT2D eigenvalue weighted by atomic mass is 10.0. The van der Waals surface area contributed by atoms with Gasteiger partial charge in [-0.15, -0.1) is 0 Å². The highest BCUT2D eigenvalue weighted by atomic mass is 16.2. The van der Waals surface area contributed by atoms with Crippen molar-refractivity contribution in [3.8, 4) is 0 Å². The standard InChI is InChI=1S/C18H29N3O2/c1-12(2)19-14(5)17(22)21-16(18(23)20-13(3)4)11-15-9-7-6-8-10-15/h6-10,12-14,16,19H,11H2,1-5H3,(H,20,23)(H,21,22). The van der Waals surface area contributed by atoms with Crippen LogP contribution in [0.25, 0.3) is 0 Å². The molecule has 2 atom stereocenters. The van der Waals surface area contributed by atoms with Crippen LogP contribution < -0.4 is 16.0 Å². The summed E-state index contributed by atoms with van der Waals surface area (Å²) < 4.78 is 0. The van der Waals surface area contributed by atoms with Gasteiger partial charge in [0.1, 0.15) is 6.04 Å². The molecule has 5 heteroatoms. The molecule has 0 aromatic heterocycles.